The van der Waals surface area contributed by atoms with E-state index in [2.05, 4.69) is 0 Å². The molecule has 0 aliphatic heterocycles. The third-order valence-corrected chi connectivity index (χ3v) is 3.31. The molecule has 2 atom stereocenters. The number of rotatable bonds is 4. The van der Waals surface area contributed by atoms with Crippen LogP contribution in [0.1, 0.15) is 36.8 Å². The minimum atomic E-state index is -1.03. The average Bonchev–Trinajstić information content (AvgIpc) is 2.55. The summed E-state index contributed by atoms with van der Waals surface area (Å²) in [4.78, 5) is 20.8. The number of aliphatic carboxylic acids is 2. The maximum absolute atomic E-state index is 10.4. The van der Waals surface area contributed by atoms with Crippen LogP contribution >= 0.6 is 0 Å². The van der Waals surface area contributed by atoms with E-state index in [4.69, 9.17) is 0 Å². The number of hydrogen-bond donors (Lipinski definition) is 0. The number of carbonyl (C=O) groups excluding carboxylic acids is 2. The van der Waals surface area contributed by atoms with Crippen molar-refractivity contribution >= 4 is 11.9 Å². The van der Waals surface area contributed by atoms with Gasteiger partial charge >= 0.3 is 17.1 Å². The van der Waals surface area contributed by atoms with Crippen molar-refractivity contribution in [3.05, 3.63) is 71.8 Å². The van der Waals surface area contributed by atoms with Crippen molar-refractivity contribution in [1.82, 2.24) is 0 Å². The Morgan fingerprint density at radius 3 is 1.17 bits per heavy atom. The van der Waals surface area contributed by atoms with Crippen molar-refractivity contribution in [2.45, 2.75) is 25.7 Å². The van der Waals surface area contributed by atoms with Crippen molar-refractivity contribution in [3.63, 3.8) is 0 Å². The van der Waals surface area contributed by atoms with Gasteiger partial charge in [-0.15, -0.1) is 0 Å². The zero-order valence-corrected chi connectivity index (χ0v) is 14.0. The SMILES string of the molecule is CC(C(=O)[O-])c1ccccc1.CC(C(=O)[O-])c1ccccc1.[Fe+2]. The van der Waals surface area contributed by atoms with E-state index in [1.807, 2.05) is 36.4 Å². The van der Waals surface area contributed by atoms with E-state index in [0.717, 1.165) is 11.1 Å². The fraction of sp³-hybridized carbons (Fsp3) is 0.222. The molecular weight excluding hydrogens is 336 g/mol. The molecule has 0 amide bonds. The van der Waals surface area contributed by atoms with E-state index in [0.29, 0.717) is 0 Å². The van der Waals surface area contributed by atoms with Crippen LogP contribution in [0.5, 0.6) is 0 Å². The molecule has 0 N–H and O–H groups in total. The van der Waals surface area contributed by atoms with Crippen molar-refractivity contribution in [3.8, 4) is 0 Å². The molecule has 2 aromatic carbocycles. The molecule has 0 aliphatic carbocycles. The number of carbonyl (C=O) groups is 2. The minimum Gasteiger partial charge on any atom is -0.550 e. The van der Waals surface area contributed by atoms with E-state index in [1.165, 1.54) is 0 Å². The second kappa shape index (κ2) is 10.6. The molecule has 0 aromatic heterocycles. The van der Waals surface area contributed by atoms with Gasteiger partial charge < -0.3 is 19.8 Å². The Morgan fingerprint density at radius 2 is 0.957 bits per heavy atom. The zero-order valence-electron chi connectivity index (χ0n) is 12.9. The van der Waals surface area contributed by atoms with Gasteiger partial charge in [0, 0.05) is 23.8 Å². The first kappa shape index (κ1) is 20.9. The first-order chi connectivity index (χ1) is 10.4. The van der Waals surface area contributed by atoms with Gasteiger partial charge in [0.1, 0.15) is 0 Å². The fourth-order valence-corrected chi connectivity index (χ4v) is 1.76. The summed E-state index contributed by atoms with van der Waals surface area (Å²) >= 11 is 0. The summed E-state index contributed by atoms with van der Waals surface area (Å²) in [5, 5.41) is 20.8. The van der Waals surface area contributed by atoms with Gasteiger partial charge in [0.2, 0.25) is 0 Å². The molecule has 4 nitrogen and oxygen atoms in total. The molecule has 2 unspecified atom stereocenters. The standard InChI is InChI=1S/2C9H10O2.Fe/c2*1-7(9(10)11)8-5-3-2-4-6-8;/h2*2-7H,1H3,(H,10,11);/q;;+2/p-2. The number of hydrogen-bond acceptors (Lipinski definition) is 4. The third-order valence-electron chi connectivity index (χ3n) is 3.31. The average molecular weight is 354 g/mol. The first-order valence-electron chi connectivity index (χ1n) is 6.95. The van der Waals surface area contributed by atoms with Gasteiger partial charge in [0.15, 0.2) is 0 Å². The van der Waals surface area contributed by atoms with Crippen LogP contribution in [0.3, 0.4) is 0 Å². The van der Waals surface area contributed by atoms with Crippen LogP contribution in [-0.2, 0) is 26.7 Å². The quantitative estimate of drug-likeness (QED) is 0.770. The van der Waals surface area contributed by atoms with Crippen LogP contribution in [-0.4, -0.2) is 11.9 Å². The summed E-state index contributed by atoms with van der Waals surface area (Å²) in [6, 6.07) is 18.1. The van der Waals surface area contributed by atoms with E-state index >= 15 is 0 Å². The van der Waals surface area contributed by atoms with Crippen LogP contribution in [0.15, 0.2) is 60.7 Å². The summed E-state index contributed by atoms with van der Waals surface area (Å²) in [5.74, 6) is -3.10. The third kappa shape index (κ3) is 7.13. The summed E-state index contributed by atoms with van der Waals surface area (Å²) in [6.07, 6.45) is 0. The first-order valence-corrected chi connectivity index (χ1v) is 6.95. The van der Waals surface area contributed by atoms with E-state index in [-0.39, 0.29) is 17.1 Å². The maximum atomic E-state index is 10.4. The Kier molecular flexibility index (Phi) is 9.63. The zero-order chi connectivity index (χ0) is 16.5. The smallest absolute Gasteiger partial charge is 0.550 e. The van der Waals surface area contributed by atoms with Gasteiger partial charge in [-0.3, -0.25) is 0 Å². The minimum absolute atomic E-state index is 0. The summed E-state index contributed by atoms with van der Waals surface area (Å²) in [6.45, 7) is 3.23. The van der Waals surface area contributed by atoms with Crippen molar-refractivity contribution in [2.75, 3.05) is 0 Å². The molecule has 0 spiro atoms. The molecule has 0 heterocycles. The molecule has 0 radical (unpaired) electrons. The van der Waals surface area contributed by atoms with Crippen molar-refractivity contribution < 1.29 is 36.9 Å². The van der Waals surface area contributed by atoms with Crippen LogP contribution in [0.25, 0.3) is 0 Å². The topological polar surface area (TPSA) is 80.3 Å². The van der Waals surface area contributed by atoms with Crippen molar-refractivity contribution in [1.29, 1.82) is 0 Å². The molecule has 23 heavy (non-hydrogen) atoms. The van der Waals surface area contributed by atoms with E-state index in [1.54, 1.807) is 38.1 Å². The largest absolute Gasteiger partial charge is 2.00 e. The molecule has 122 valence electrons. The second-order valence-corrected chi connectivity index (χ2v) is 4.90. The van der Waals surface area contributed by atoms with Gasteiger partial charge in [0.25, 0.3) is 0 Å². The van der Waals surface area contributed by atoms with Crippen molar-refractivity contribution in [2.24, 2.45) is 0 Å². The molecule has 0 bridgehead atoms. The predicted octanol–water partition coefficient (Wildman–Crippen LogP) is 1.08. The molecule has 0 saturated carbocycles. The summed E-state index contributed by atoms with van der Waals surface area (Å²) in [7, 11) is 0. The van der Waals surface area contributed by atoms with Gasteiger partial charge in [-0.25, -0.2) is 0 Å². The molecule has 2 aromatic rings. The predicted molar refractivity (Wildman–Crippen MR) is 79.7 cm³/mol. The number of carboxylic acids is 2. The van der Waals surface area contributed by atoms with Gasteiger partial charge in [-0.2, -0.15) is 0 Å². The summed E-state index contributed by atoms with van der Waals surface area (Å²) < 4.78 is 0. The van der Waals surface area contributed by atoms with Gasteiger partial charge in [0.05, 0.1) is 0 Å². The Balaban J connectivity index is 0.000000403. The monoisotopic (exact) mass is 354 g/mol. The van der Waals surface area contributed by atoms with E-state index in [9.17, 15) is 19.8 Å². The molecule has 2 rings (SSSR count). The van der Waals surface area contributed by atoms with Crippen LogP contribution in [0, 0.1) is 0 Å². The molecule has 5 heteroatoms. The number of carboxylic acid groups (broad SMARTS) is 2. The normalized spacial score (nSPS) is 11.9. The van der Waals surface area contributed by atoms with Crippen LogP contribution < -0.4 is 10.2 Å². The molecular formula is C18H18FeO4. The van der Waals surface area contributed by atoms with Gasteiger partial charge in [-0.1, -0.05) is 74.5 Å². The Bertz CT molecular complexity index is 543. The van der Waals surface area contributed by atoms with E-state index < -0.39 is 23.8 Å². The maximum Gasteiger partial charge on any atom is 2.00 e. The molecule has 0 aliphatic rings. The molecule has 0 fully saturated rings. The van der Waals surface area contributed by atoms with Crippen LogP contribution in [0.2, 0.25) is 0 Å². The fourth-order valence-electron chi connectivity index (χ4n) is 1.76. The second-order valence-electron chi connectivity index (χ2n) is 4.90. The Morgan fingerprint density at radius 1 is 0.696 bits per heavy atom. The Labute approximate surface area is 146 Å². The Hall–Kier alpha value is -2.10. The summed E-state index contributed by atoms with van der Waals surface area (Å²) in [5.41, 5.74) is 1.57. The molecule has 0 saturated heterocycles. The number of benzene rings is 2. The van der Waals surface area contributed by atoms with Crippen LogP contribution in [0.4, 0.5) is 0 Å². The van der Waals surface area contributed by atoms with Gasteiger partial charge in [-0.05, 0) is 11.1 Å².